The van der Waals surface area contributed by atoms with E-state index in [2.05, 4.69) is 20.3 Å². The summed E-state index contributed by atoms with van der Waals surface area (Å²) in [5, 5.41) is 4.17. The number of H-pyrrole nitrogens is 2. The number of pyridine rings is 1. The van der Waals surface area contributed by atoms with Gasteiger partial charge in [-0.05, 0) is 30.1 Å². The van der Waals surface area contributed by atoms with Crippen molar-refractivity contribution < 1.29 is 1.37 Å². The molecular formula is C25H35BN4O. The van der Waals surface area contributed by atoms with Gasteiger partial charge in [0, 0.05) is 5.39 Å². The minimum absolute atomic E-state index is 0. The summed E-state index contributed by atoms with van der Waals surface area (Å²) in [5.74, 6) is 0.302. The second kappa shape index (κ2) is 12.0. The van der Waals surface area contributed by atoms with Crippen LogP contribution in [0.3, 0.4) is 0 Å². The fraction of sp³-hybridized carbons (Fsp3) is 0.360. The molecule has 0 aliphatic rings. The topological polar surface area (TPSA) is 73.6 Å². The van der Waals surface area contributed by atoms with Crippen LogP contribution < -0.4 is 10.9 Å². The molecule has 0 fully saturated rings. The quantitative estimate of drug-likeness (QED) is 0.339. The molecule has 1 atom stereocenters. The molecular weight excluding hydrogens is 383 g/mol. The molecule has 4 aromatic rings. The van der Waals surface area contributed by atoms with Gasteiger partial charge in [-0.2, -0.15) is 0 Å². The van der Waals surface area contributed by atoms with E-state index in [-0.39, 0.29) is 24.8 Å². The molecule has 5 nitrogen and oxygen atoms in total. The van der Waals surface area contributed by atoms with E-state index in [0.29, 0.717) is 34.2 Å². The normalized spacial score (nSPS) is 11.5. The summed E-state index contributed by atoms with van der Waals surface area (Å²) in [5.41, 5.74) is 2.96. The zero-order valence-corrected chi connectivity index (χ0v) is 18.6. The van der Waals surface area contributed by atoms with Crippen LogP contribution in [0.15, 0.2) is 53.3 Å². The Labute approximate surface area is 188 Å². The largest absolute Gasteiger partial charge is 0.390 e. The summed E-state index contributed by atoms with van der Waals surface area (Å²) in [6.45, 7) is 12.0. The van der Waals surface area contributed by atoms with Crippen LogP contribution in [0.1, 0.15) is 50.3 Å². The highest BCUT2D eigenvalue weighted by molar-refractivity contribution is 6.14. The van der Waals surface area contributed by atoms with Crippen LogP contribution in [-0.2, 0) is 0 Å². The number of aromatic nitrogens is 3. The molecule has 0 saturated heterocycles. The summed E-state index contributed by atoms with van der Waals surface area (Å²) in [6, 6.07) is 13.1. The number of imidazole rings is 1. The van der Waals surface area contributed by atoms with E-state index in [9.17, 15) is 4.79 Å². The Kier molecular flexibility index (Phi) is 9.38. The highest BCUT2D eigenvalue weighted by Gasteiger charge is 2.19. The minimum Gasteiger partial charge on any atom is -0.390 e. The lowest BCUT2D eigenvalue weighted by Crippen LogP contribution is -2.27. The molecule has 0 aliphatic carbocycles. The highest BCUT2D eigenvalue weighted by Crippen LogP contribution is 2.31. The van der Waals surface area contributed by atoms with Crippen LogP contribution in [0, 0.1) is 5.92 Å². The van der Waals surface area contributed by atoms with Gasteiger partial charge in [-0.25, -0.2) is 4.98 Å². The number of nitrogens with zero attached hydrogens (tertiary/aromatic N) is 1. The molecule has 2 radical (unpaired) electrons. The maximum atomic E-state index is 12.9. The van der Waals surface area contributed by atoms with Crippen molar-refractivity contribution >= 4 is 35.5 Å². The average Bonchev–Trinajstić information content (AvgIpc) is 3.18. The number of nitrogens with one attached hydrogen (secondary N) is 3. The Morgan fingerprint density at radius 3 is 2.35 bits per heavy atom. The molecule has 1 unspecified atom stereocenters. The van der Waals surface area contributed by atoms with Gasteiger partial charge in [-0.15, -0.1) is 0 Å². The van der Waals surface area contributed by atoms with Crippen molar-refractivity contribution in [3.8, 4) is 11.4 Å². The summed E-state index contributed by atoms with van der Waals surface area (Å²) >= 11 is 0. The van der Waals surface area contributed by atoms with Crippen LogP contribution in [0.4, 0.5) is 5.69 Å². The van der Waals surface area contributed by atoms with E-state index in [1.165, 1.54) is 0 Å². The molecule has 0 aliphatic heterocycles. The van der Waals surface area contributed by atoms with Gasteiger partial charge in [0.15, 0.2) is 0 Å². The minimum atomic E-state index is -0.321. The monoisotopic (exact) mass is 419 g/mol. The van der Waals surface area contributed by atoms with Gasteiger partial charge in [0.25, 0.3) is 5.56 Å². The number of anilines is 1. The maximum absolute atomic E-state index is 12.9. The molecule has 0 spiro atoms. The third-order valence-electron chi connectivity index (χ3n) is 4.51. The molecule has 2 aromatic heterocycles. The molecule has 31 heavy (non-hydrogen) atoms. The lowest BCUT2D eigenvalue weighted by molar-refractivity contribution is 0.643. The van der Waals surface area contributed by atoms with Gasteiger partial charge in [-0.3, -0.25) is 4.79 Å². The summed E-state index contributed by atoms with van der Waals surface area (Å²) in [6.07, 6.45) is 0. The molecule has 6 heteroatoms. The van der Waals surface area contributed by atoms with Gasteiger partial charge in [0.2, 0.25) is 0 Å². The van der Waals surface area contributed by atoms with Crippen molar-refractivity contribution in [3.63, 3.8) is 0 Å². The maximum Gasteiger partial charge on any atom is 0.261 e. The lowest BCUT2D eigenvalue weighted by atomic mass is 9.85. The van der Waals surface area contributed by atoms with E-state index < -0.39 is 0 Å². The SMILES string of the molecule is C.CC.CC.[2H]c1ccc2nc(-c3c(NC([B])C(C)C)c4ccccc4[nH]c3=O)[nH]c2c1. The predicted molar refractivity (Wildman–Crippen MR) is 137 cm³/mol. The number of hydrogen-bond donors (Lipinski definition) is 3. The standard InChI is InChI=1S/C20H19BN4O.2C2H6.CH4/c1-11(2)18(21)25-17-12-7-3-4-8-13(12)24-20(26)16(17)19-22-14-9-5-6-10-15(14)23-19;2*1-2;/h3-11,18H,1-2H3,(H,22,23)(H2,24,25,26);2*1-2H3;1H4/i5D;;;. The molecule has 0 amide bonds. The number of aromatic amines is 2. The van der Waals surface area contributed by atoms with Gasteiger partial charge in [0.05, 0.1) is 31.5 Å². The molecule has 2 heterocycles. The van der Waals surface area contributed by atoms with E-state index in [0.717, 1.165) is 10.9 Å². The van der Waals surface area contributed by atoms with Crippen molar-refractivity contribution in [1.29, 1.82) is 0 Å². The molecule has 2 aromatic carbocycles. The van der Waals surface area contributed by atoms with Crippen LogP contribution in [0.5, 0.6) is 0 Å². The first-order chi connectivity index (χ1) is 14.9. The number of hydrogen-bond acceptors (Lipinski definition) is 3. The summed E-state index contributed by atoms with van der Waals surface area (Å²) in [4.78, 5) is 23.6. The van der Waals surface area contributed by atoms with Crippen LogP contribution in [0.2, 0.25) is 0 Å². The van der Waals surface area contributed by atoms with Crippen LogP contribution in [-0.4, -0.2) is 28.7 Å². The lowest BCUT2D eigenvalue weighted by Gasteiger charge is -2.22. The number of benzene rings is 2. The van der Waals surface area contributed by atoms with Crippen molar-refractivity contribution in [2.75, 3.05) is 5.32 Å². The highest BCUT2D eigenvalue weighted by atomic mass is 16.1. The Bertz CT molecular complexity index is 1200. The Balaban J connectivity index is 0.000000971. The number of fused-ring (bicyclic) bond motifs is 2. The average molecular weight is 419 g/mol. The first-order valence-corrected chi connectivity index (χ1v) is 10.6. The molecule has 3 N–H and O–H groups in total. The fourth-order valence-corrected chi connectivity index (χ4v) is 2.97. The third-order valence-corrected chi connectivity index (χ3v) is 4.51. The Morgan fingerprint density at radius 2 is 1.68 bits per heavy atom. The van der Waals surface area contributed by atoms with Gasteiger partial charge in [-0.1, -0.05) is 79.3 Å². The Hall–Kier alpha value is -3.02. The first-order valence-electron chi connectivity index (χ1n) is 11.1. The molecule has 164 valence electrons. The van der Waals surface area contributed by atoms with Crippen molar-refractivity contribution in [2.45, 2.75) is 54.9 Å². The van der Waals surface area contributed by atoms with Crippen molar-refractivity contribution in [1.82, 2.24) is 15.0 Å². The summed E-state index contributed by atoms with van der Waals surface area (Å²) in [7, 11) is 6.25. The smallest absolute Gasteiger partial charge is 0.261 e. The third kappa shape index (κ3) is 5.57. The Morgan fingerprint density at radius 1 is 1.00 bits per heavy atom. The van der Waals surface area contributed by atoms with Gasteiger partial charge < -0.3 is 15.3 Å². The molecule has 0 bridgehead atoms. The van der Waals surface area contributed by atoms with Gasteiger partial charge in [0.1, 0.15) is 11.4 Å². The molecule has 0 saturated carbocycles. The van der Waals surface area contributed by atoms with Crippen molar-refractivity contribution in [2.24, 2.45) is 5.92 Å². The number of para-hydroxylation sites is 3. The second-order valence-electron chi connectivity index (χ2n) is 6.69. The number of rotatable bonds is 4. The second-order valence-corrected chi connectivity index (χ2v) is 6.69. The van der Waals surface area contributed by atoms with Crippen LogP contribution in [0.25, 0.3) is 33.3 Å². The predicted octanol–water partition coefficient (Wildman–Crippen LogP) is 6.32. The summed E-state index contributed by atoms with van der Waals surface area (Å²) < 4.78 is 7.78. The van der Waals surface area contributed by atoms with E-state index in [1.54, 1.807) is 18.2 Å². The molecule has 4 rings (SSSR count). The van der Waals surface area contributed by atoms with Crippen molar-refractivity contribution in [3.05, 3.63) is 58.9 Å². The zero-order valence-electron chi connectivity index (χ0n) is 19.6. The van der Waals surface area contributed by atoms with Gasteiger partial charge >= 0.3 is 0 Å². The van der Waals surface area contributed by atoms with Crippen LogP contribution >= 0.6 is 0 Å². The van der Waals surface area contributed by atoms with E-state index in [1.807, 2.05) is 65.8 Å². The van der Waals surface area contributed by atoms with E-state index in [4.69, 9.17) is 9.22 Å². The first kappa shape index (κ1) is 24.3. The zero-order chi connectivity index (χ0) is 23.1. The van der Waals surface area contributed by atoms with E-state index >= 15 is 0 Å². The fourth-order valence-electron chi connectivity index (χ4n) is 2.97.